The Kier molecular flexibility index (Phi) is 5.86. The molecule has 1 atom stereocenters. The minimum atomic E-state index is -4.70. The van der Waals surface area contributed by atoms with Crippen molar-refractivity contribution in [3.63, 3.8) is 0 Å². The molecule has 0 aliphatic rings. The predicted octanol–water partition coefficient (Wildman–Crippen LogP) is 3.83. The van der Waals surface area contributed by atoms with Crippen LogP contribution in [0.2, 0.25) is 5.02 Å². The lowest BCUT2D eigenvalue weighted by atomic mass is 10.1. The number of alkyl halides is 3. The highest BCUT2D eigenvalue weighted by molar-refractivity contribution is 6.30. The first-order chi connectivity index (χ1) is 11.7. The fourth-order valence-corrected chi connectivity index (χ4v) is 2.13. The number of aliphatic hydroxyl groups is 1. The average molecular weight is 373 g/mol. The van der Waals surface area contributed by atoms with E-state index in [0.29, 0.717) is 10.7 Å². The first kappa shape index (κ1) is 19.0. The minimum absolute atomic E-state index is 0.0254. The average Bonchev–Trinajstić information content (AvgIpc) is 2.51. The smallest absolute Gasteiger partial charge is 0.392 e. The van der Waals surface area contributed by atoms with Crippen molar-refractivity contribution in [2.24, 2.45) is 0 Å². The van der Waals surface area contributed by atoms with Gasteiger partial charge in [0.15, 0.2) is 5.69 Å². The molecule has 2 aromatic rings. The molecule has 1 aromatic heterocycles. The summed E-state index contributed by atoms with van der Waals surface area (Å²) in [6.07, 6.45) is -4.41. The maximum Gasteiger partial charge on any atom is 0.434 e. The highest BCUT2D eigenvalue weighted by Gasteiger charge is 2.37. The maximum absolute atomic E-state index is 13.3. The standard InChI is InChI=1S/C16H16ClF3N4O/c1-9(25)7-21-10(2)13-8-22-15(24-14(13)16(18,19)20)23-12-5-3-4-11(17)6-12/h3-6,8-9,21,25H,2,7H2,1H3,(H,22,23,24). The van der Waals surface area contributed by atoms with Crippen molar-refractivity contribution in [3.05, 3.63) is 53.3 Å². The van der Waals surface area contributed by atoms with Crippen molar-refractivity contribution >= 4 is 28.9 Å². The van der Waals surface area contributed by atoms with E-state index in [1.807, 2.05) is 0 Å². The van der Waals surface area contributed by atoms with Crippen LogP contribution in [0.1, 0.15) is 18.2 Å². The van der Waals surface area contributed by atoms with E-state index in [0.717, 1.165) is 6.20 Å². The Balaban J connectivity index is 2.32. The molecule has 2 rings (SSSR count). The van der Waals surface area contributed by atoms with Crippen LogP contribution in [0.25, 0.3) is 5.70 Å². The second-order valence-corrected chi connectivity index (χ2v) is 5.73. The van der Waals surface area contributed by atoms with Crippen LogP contribution in [0.15, 0.2) is 37.0 Å². The molecule has 0 bridgehead atoms. The Bertz CT molecular complexity index is 765. The molecule has 134 valence electrons. The van der Waals surface area contributed by atoms with Gasteiger partial charge in [-0.2, -0.15) is 13.2 Å². The van der Waals surface area contributed by atoms with Gasteiger partial charge in [0.05, 0.1) is 6.10 Å². The van der Waals surface area contributed by atoms with Gasteiger partial charge < -0.3 is 15.7 Å². The summed E-state index contributed by atoms with van der Waals surface area (Å²) in [6, 6.07) is 6.44. The summed E-state index contributed by atoms with van der Waals surface area (Å²) in [4.78, 5) is 7.46. The van der Waals surface area contributed by atoms with Gasteiger partial charge in [-0.05, 0) is 25.1 Å². The molecule has 1 aromatic carbocycles. The number of anilines is 2. The number of aliphatic hydroxyl groups excluding tert-OH is 1. The quantitative estimate of drug-likeness (QED) is 0.719. The van der Waals surface area contributed by atoms with Crippen LogP contribution in [0, 0.1) is 0 Å². The third-order valence-electron chi connectivity index (χ3n) is 3.07. The van der Waals surface area contributed by atoms with E-state index in [4.69, 9.17) is 11.6 Å². The summed E-state index contributed by atoms with van der Waals surface area (Å²) in [5.41, 5.74) is -0.984. The summed E-state index contributed by atoms with van der Waals surface area (Å²) in [5, 5.41) is 15.0. The van der Waals surface area contributed by atoms with Crippen molar-refractivity contribution in [1.82, 2.24) is 15.3 Å². The van der Waals surface area contributed by atoms with Crippen LogP contribution in [-0.2, 0) is 6.18 Å². The van der Waals surface area contributed by atoms with Gasteiger partial charge in [0, 0.05) is 34.7 Å². The number of aromatic nitrogens is 2. The molecule has 0 spiro atoms. The lowest BCUT2D eigenvalue weighted by molar-refractivity contribution is -0.141. The molecule has 9 heteroatoms. The molecule has 0 amide bonds. The van der Waals surface area contributed by atoms with Gasteiger partial charge in [0.25, 0.3) is 0 Å². The van der Waals surface area contributed by atoms with Gasteiger partial charge in [-0.1, -0.05) is 24.2 Å². The molecule has 25 heavy (non-hydrogen) atoms. The van der Waals surface area contributed by atoms with E-state index in [9.17, 15) is 18.3 Å². The Morgan fingerprint density at radius 3 is 2.72 bits per heavy atom. The third kappa shape index (κ3) is 5.33. The maximum atomic E-state index is 13.3. The van der Waals surface area contributed by atoms with Crippen LogP contribution in [0.5, 0.6) is 0 Å². The summed E-state index contributed by atoms with van der Waals surface area (Å²) >= 11 is 5.84. The zero-order chi connectivity index (χ0) is 18.6. The zero-order valence-corrected chi connectivity index (χ0v) is 14.0. The fourth-order valence-electron chi connectivity index (χ4n) is 1.94. The molecule has 0 saturated heterocycles. The van der Waals surface area contributed by atoms with Crippen molar-refractivity contribution in [2.75, 3.05) is 11.9 Å². The van der Waals surface area contributed by atoms with E-state index in [2.05, 4.69) is 27.2 Å². The van der Waals surface area contributed by atoms with E-state index in [1.165, 1.54) is 13.0 Å². The number of benzene rings is 1. The van der Waals surface area contributed by atoms with Crippen molar-refractivity contribution in [3.8, 4) is 0 Å². The number of nitrogens with one attached hydrogen (secondary N) is 2. The Labute approximate surface area is 147 Å². The summed E-state index contributed by atoms with van der Waals surface area (Å²) in [7, 11) is 0. The van der Waals surface area contributed by atoms with E-state index < -0.39 is 18.0 Å². The number of hydrogen-bond acceptors (Lipinski definition) is 5. The van der Waals surface area contributed by atoms with E-state index >= 15 is 0 Å². The lowest BCUT2D eigenvalue weighted by Gasteiger charge is -2.17. The molecule has 1 unspecified atom stereocenters. The summed E-state index contributed by atoms with van der Waals surface area (Å²) in [6.45, 7) is 5.11. The molecule has 0 aliphatic carbocycles. The number of halogens is 4. The Morgan fingerprint density at radius 1 is 1.40 bits per heavy atom. The molecule has 0 aliphatic heterocycles. The molecule has 5 nitrogen and oxygen atoms in total. The SMILES string of the molecule is C=C(NCC(C)O)c1cnc(Nc2cccc(Cl)c2)nc1C(F)(F)F. The second kappa shape index (κ2) is 7.71. The van der Waals surface area contributed by atoms with Crippen molar-refractivity contribution in [2.45, 2.75) is 19.2 Å². The number of nitrogens with zero attached hydrogens (tertiary/aromatic N) is 2. The molecule has 0 saturated carbocycles. The van der Waals surface area contributed by atoms with Gasteiger partial charge in [0.1, 0.15) is 0 Å². The number of hydrogen-bond donors (Lipinski definition) is 3. The monoisotopic (exact) mass is 372 g/mol. The molecule has 1 heterocycles. The van der Waals surface area contributed by atoms with Crippen LogP contribution < -0.4 is 10.6 Å². The third-order valence-corrected chi connectivity index (χ3v) is 3.31. The summed E-state index contributed by atoms with van der Waals surface area (Å²) in [5.74, 6) is -0.221. The van der Waals surface area contributed by atoms with E-state index in [1.54, 1.807) is 18.2 Å². The topological polar surface area (TPSA) is 70.1 Å². The Hall–Kier alpha value is -2.32. The van der Waals surface area contributed by atoms with Crippen LogP contribution >= 0.6 is 11.6 Å². The van der Waals surface area contributed by atoms with Crippen LogP contribution in [0.4, 0.5) is 24.8 Å². The molecule has 0 fully saturated rings. The second-order valence-electron chi connectivity index (χ2n) is 5.30. The van der Waals surface area contributed by atoms with Gasteiger partial charge in [-0.3, -0.25) is 0 Å². The van der Waals surface area contributed by atoms with Crippen molar-refractivity contribution in [1.29, 1.82) is 0 Å². The normalized spacial score (nSPS) is 12.6. The van der Waals surface area contributed by atoms with Crippen molar-refractivity contribution < 1.29 is 18.3 Å². The van der Waals surface area contributed by atoms with Crippen LogP contribution in [0.3, 0.4) is 0 Å². The minimum Gasteiger partial charge on any atom is -0.392 e. The fraction of sp³-hybridized carbons (Fsp3) is 0.250. The molecule has 3 N–H and O–H groups in total. The largest absolute Gasteiger partial charge is 0.434 e. The highest BCUT2D eigenvalue weighted by atomic mass is 35.5. The lowest BCUT2D eigenvalue weighted by Crippen LogP contribution is -2.24. The Morgan fingerprint density at radius 2 is 2.12 bits per heavy atom. The van der Waals surface area contributed by atoms with Gasteiger partial charge in [0.2, 0.25) is 5.95 Å². The van der Waals surface area contributed by atoms with Crippen LogP contribution in [-0.4, -0.2) is 27.7 Å². The first-order valence-electron chi connectivity index (χ1n) is 7.25. The number of rotatable bonds is 6. The highest BCUT2D eigenvalue weighted by Crippen LogP contribution is 2.33. The zero-order valence-electron chi connectivity index (χ0n) is 13.2. The predicted molar refractivity (Wildman–Crippen MR) is 90.5 cm³/mol. The summed E-state index contributed by atoms with van der Waals surface area (Å²) < 4.78 is 40.0. The first-order valence-corrected chi connectivity index (χ1v) is 7.62. The van der Waals surface area contributed by atoms with Gasteiger partial charge >= 0.3 is 6.18 Å². The van der Waals surface area contributed by atoms with Gasteiger partial charge in [-0.15, -0.1) is 0 Å². The van der Waals surface area contributed by atoms with E-state index in [-0.39, 0.29) is 23.8 Å². The molecular weight excluding hydrogens is 357 g/mol. The molecule has 0 radical (unpaired) electrons. The molecular formula is C16H16ClF3N4O. The van der Waals surface area contributed by atoms with Gasteiger partial charge in [-0.25, -0.2) is 9.97 Å².